The first-order chi connectivity index (χ1) is 17.0. The lowest BCUT2D eigenvalue weighted by Gasteiger charge is -2.23. The summed E-state index contributed by atoms with van der Waals surface area (Å²) in [6.07, 6.45) is 2.74. The Morgan fingerprint density at radius 3 is 2.37 bits per heavy atom. The molecule has 7 heteroatoms. The lowest BCUT2D eigenvalue weighted by atomic mass is 10.1. The van der Waals surface area contributed by atoms with Gasteiger partial charge in [0.2, 0.25) is 0 Å². The number of aryl methyl sites for hydroxylation is 1. The van der Waals surface area contributed by atoms with E-state index in [0.717, 1.165) is 35.8 Å². The van der Waals surface area contributed by atoms with E-state index in [1.165, 1.54) is 3.97 Å². The van der Waals surface area contributed by atoms with Crippen LogP contribution < -0.4 is 4.74 Å². The van der Waals surface area contributed by atoms with Crippen molar-refractivity contribution in [2.45, 2.75) is 50.6 Å². The minimum absolute atomic E-state index is 0.240. The Kier molecular flexibility index (Phi) is 6.90. The molecule has 3 aromatic carbocycles. The molecule has 0 aliphatic carbocycles. The first-order valence-electron chi connectivity index (χ1n) is 11.9. The number of nitrogens with zero attached hydrogens (tertiary/aromatic N) is 1. The number of aromatic nitrogens is 1. The predicted molar refractivity (Wildman–Crippen MR) is 135 cm³/mol. The largest absolute Gasteiger partial charge is 0.488 e. The Labute approximate surface area is 206 Å². The molecule has 4 aromatic rings. The smallest absolute Gasteiger partial charge is 0.268 e. The Morgan fingerprint density at radius 1 is 0.914 bits per heavy atom. The van der Waals surface area contributed by atoms with Crippen molar-refractivity contribution in [3.8, 4) is 5.75 Å². The van der Waals surface area contributed by atoms with Crippen LogP contribution in [0, 0.1) is 6.92 Å². The first kappa shape index (κ1) is 23.6. The normalized spacial score (nSPS) is 16.4. The highest BCUT2D eigenvalue weighted by atomic mass is 32.2. The van der Waals surface area contributed by atoms with E-state index in [-0.39, 0.29) is 11.2 Å². The topological polar surface area (TPSA) is 66.8 Å². The Balaban J connectivity index is 1.55. The van der Waals surface area contributed by atoms with Gasteiger partial charge in [-0.3, -0.25) is 0 Å². The minimum atomic E-state index is -3.79. The molecule has 182 valence electrons. The summed E-state index contributed by atoms with van der Waals surface area (Å²) in [6.45, 7) is 3.18. The molecule has 1 aliphatic heterocycles. The van der Waals surface area contributed by atoms with E-state index in [1.54, 1.807) is 37.3 Å². The average Bonchev–Trinajstić information content (AvgIpc) is 3.24. The molecule has 1 fully saturated rings. The molecule has 6 nitrogen and oxygen atoms in total. The molecule has 1 aromatic heterocycles. The average molecular weight is 492 g/mol. The zero-order valence-corrected chi connectivity index (χ0v) is 20.5. The lowest BCUT2D eigenvalue weighted by molar-refractivity contribution is -0.168. The molecule has 0 amide bonds. The highest BCUT2D eigenvalue weighted by Gasteiger charge is 2.24. The van der Waals surface area contributed by atoms with Crippen LogP contribution in [-0.4, -0.2) is 25.3 Å². The van der Waals surface area contributed by atoms with Crippen LogP contribution in [0.4, 0.5) is 0 Å². The van der Waals surface area contributed by atoms with Crippen LogP contribution in [-0.2, 0) is 32.7 Å². The van der Waals surface area contributed by atoms with Gasteiger partial charge in [-0.2, -0.15) is 0 Å². The van der Waals surface area contributed by atoms with Gasteiger partial charge >= 0.3 is 0 Å². The van der Waals surface area contributed by atoms with Gasteiger partial charge in [-0.1, -0.05) is 48.5 Å². The van der Waals surface area contributed by atoms with Crippen molar-refractivity contribution >= 4 is 20.9 Å². The van der Waals surface area contributed by atoms with Gasteiger partial charge in [0.25, 0.3) is 10.0 Å². The molecule has 1 atom stereocenters. The maximum Gasteiger partial charge on any atom is 0.268 e. The van der Waals surface area contributed by atoms with Gasteiger partial charge in [0.15, 0.2) is 6.29 Å². The molecule has 35 heavy (non-hydrogen) atoms. The molecule has 0 spiro atoms. The van der Waals surface area contributed by atoms with Crippen molar-refractivity contribution in [1.29, 1.82) is 0 Å². The Morgan fingerprint density at radius 2 is 1.66 bits per heavy atom. The van der Waals surface area contributed by atoms with E-state index in [1.807, 2.05) is 48.5 Å². The molecule has 1 unspecified atom stereocenters. The number of ether oxygens (including phenoxy) is 3. The Bertz CT molecular complexity index is 1390. The SMILES string of the molecule is Cc1cc2c(OCc3ccccc3)cc(COC3CCCCO3)cc2n1S(=O)(=O)c1ccccc1. The molecule has 0 saturated carbocycles. The maximum absolute atomic E-state index is 13.6. The monoisotopic (exact) mass is 491 g/mol. The van der Waals surface area contributed by atoms with Crippen LogP contribution in [0.1, 0.15) is 36.1 Å². The number of benzene rings is 3. The lowest BCUT2D eigenvalue weighted by Crippen LogP contribution is -2.22. The summed E-state index contributed by atoms with van der Waals surface area (Å²) < 4.78 is 46.6. The molecular weight excluding hydrogens is 462 g/mol. The van der Waals surface area contributed by atoms with Crippen molar-refractivity contribution in [3.05, 3.63) is 95.7 Å². The van der Waals surface area contributed by atoms with E-state index < -0.39 is 10.0 Å². The van der Waals surface area contributed by atoms with Gasteiger partial charge in [-0.15, -0.1) is 0 Å². The summed E-state index contributed by atoms with van der Waals surface area (Å²) in [5.41, 5.74) is 3.05. The molecular formula is C28H29NO5S. The fourth-order valence-electron chi connectivity index (χ4n) is 4.42. The third-order valence-corrected chi connectivity index (χ3v) is 8.00. The summed E-state index contributed by atoms with van der Waals surface area (Å²) >= 11 is 0. The number of fused-ring (bicyclic) bond motifs is 1. The van der Waals surface area contributed by atoms with E-state index >= 15 is 0 Å². The third-order valence-electron chi connectivity index (χ3n) is 6.16. The first-order valence-corrected chi connectivity index (χ1v) is 13.3. The molecule has 2 heterocycles. The van der Waals surface area contributed by atoms with E-state index in [0.29, 0.717) is 36.8 Å². The van der Waals surface area contributed by atoms with Crippen LogP contribution in [0.15, 0.2) is 83.8 Å². The molecule has 1 saturated heterocycles. The highest BCUT2D eigenvalue weighted by molar-refractivity contribution is 7.90. The van der Waals surface area contributed by atoms with E-state index in [4.69, 9.17) is 14.2 Å². The fraction of sp³-hybridized carbons (Fsp3) is 0.286. The van der Waals surface area contributed by atoms with E-state index in [2.05, 4.69) is 0 Å². The van der Waals surface area contributed by atoms with Crippen LogP contribution in [0.2, 0.25) is 0 Å². The highest BCUT2D eigenvalue weighted by Crippen LogP contribution is 2.34. The second-order valence-corrected chi connectivity index (χ2v) is 10.6. The Hall–Kier alpha value is -3.13. The van der Waals surface area contributed by atoms with Crippen molar-refractivity contribution in [3.63, 3.8) is 0 Å². The van der Waals surface area contributed by atoms with Gasteiger partial charge < -0.3 is 14.2 Å². The third kappa shape index (κ3) is 5.12. The molecule has 5 rings (SSSR count). The zero-order chi connectivity index (χ0) is 24.3. The van der Waals surface area contributed by atoms with Gasteiger partial charge in [-0.05, 0) is 67.6 Å². The quantitative estimate of drug-likeness (QED) is 0.311. The van der Waals surface area contributed by atoms with Crippen LogP contribution in [0.3, 0.4) is 0 Å². The molecule has 0 bridgehead atoms. The van der Waals surface area contributed by atoms with Gasteiger partial charge in [0.1, 0.15) is 12.4 Å². The van der Waals surface area contributed by atoms with Crippen molar-refractivity contribution in [1.82, 2.24) is 3.97 Å². The number of rotatable bonds is 8. The summed E-state index contributed by atoms with van der Waals surface area (Å²) in [6, 6.07) is 24.1. The van der Waals surface area contributed by atoms with Crippen LogP contribution >= 0.6 is 0 Å². The summed E-state index contributed by atoms with van der Waals surface area (Å²) in [5, 5.41) is 0.746. The number of hydrogen-bond acceptors (Lipinski definition) is 5. The van der Waals surface area contributed by atoms with Crippen molar-refractivity contribution < 1.29 is 22.6 Å². The van der Waals surface area contributed by atoms with Crippen molar-refractivity contribution in [2.24, 2.45) is 0 Å². The van der Waals surface area contributed by atoms with Crippen molar-refractivity contribution in [2.75, 3.05) is 6.61 Å². The van der Waals surface area contributed by atoms with Crippen LogP contribution in [0.25, 0.3) is 10.9 Å². The molecule has 0 radical (unpaired) electrons. The zero-order valence-electron chi connectivity index (χ0n) is 19.7. The summed E-state index contributed by atoms with van der Waals surface area (Å²) in [5.74, 6) is 0.625. The maximum atomic E-state index is 13.6. The molecule has 1 aliphatic rings. The standard InChI is InChI=1S/C28H29NO5S/c1-21-16-25-26(29(21)35(30,31)24-12-6-3-7-13-24)17-23(20-34-28-14-8-9-15-32-28)18-27(25)33-19-22-10-4-2-5-11-22/h2-7,10-13,16-18,28H,8-9,14-15,19-20H2,1H3. The second-order valence-electron chi connectivity index (χ2n) is 8.78. The summed E-state index contributed by atoms with van der Waals surface area (Å²) in [7, 11) is -3.79. The fourth-order valence-corrected chi connectivity index (χ4v) is 5.98. The predicted octanol–water partition coefficient (Wildman–Crippen LogP) is 5.81. The molecule has 0 N–H and O–H groups in total. The van der Waals surface area contributed by atoms with E-state index in [9.17, 15) is 8.42 Å². The van der Waals surface area contributed by atoms with Gasteiger partial charge in [0, 0.05) is 17.7 Å². The van der Waals surface area contributed by atoms with Gasteiger partial charge in [-0.25, -0.2) is 12.4 Å². The van der Waals surface area contributed by atoms with Gasteiger partial charge in [0.05, 0.1) is 17.0 Å². The summed E-state index contributed by atoms with van der Waals surface area (Å²) in [4.78, 5) is 0.240. The minimum Gasteiger partial charge on any atom is -0.488 e. The number of hydrogen-bond donors (Lipinski definition) is 0. The van der Waals surface area contributed by atoms with Crippen LogP contribution in [0.5, 0.6) is 5.75 Å². The second kappa shape index (κ2) is 10.2.